The van der Waals surface area contributed by atoms with E-state index in [0.29, 0.717) is 26.3 Å². The van der Waals surface area contributed by atoms with Gasteiger partial charge in [0.1, 0.15) is 6.04 Å². The monoisotopic (exact) mass is 346 g/mol. The highest BCUT2D eigenvalue weighted by atomic mass is 19.4. The molecule has 1 aliphatic rings. The van der Waals surface area contributed by atoms with Gasteiger partial charge >= 0.3 is 12.1 Å². The lowest BCUT2D eigenvalue weighted by molar-refractivity contribution is -0.157. The number of carboxylic acid groups (broad SMARTS) is 1. The first-order chi connectivity index (χ1) is 11.3. The number of hydrogen-bond acceptors (Lipinski definition) is 4. The molecule has 1 aliphatic heterocycles. The van der Waals surface area contributed by atoms with Gasteiger partial charge in [0.25, 0.3) is 5.91 Å². The topological polar surface area (TPSA) is 78.9 Å². The Morgan fingerprint density at radius 3 is 2.29 bits per heavy atom. The second-order valence-corrected chi connectivity index (χ2v) is 5.33. The van der Waals surface area contributed by atoms with E-state index >= 15 is 0 Å². The van der Waals surface area contributed by atoms with Crippen LogP contribution < -0.4 is 10.2 Å². The first kappa shape index (κ1) is 18.1. The van der Waals surface area contributed by atoms with Crippen molar-refractivity contribution in [2.45, 2.75) is 18.6 Å². The second-order valence-electron chi connectivity index (χ2n) is 5.33. The highest BCUT2D eigenvalue weighted by molar-refractivity contribution is 5.96. The van der Waals surface area contributed by atoms with Gasteiger partial charge in [-0.3, -0.25) is 4.79 Å². The summed E-state index contributed by atoms with van der Waals surface area (Å²) in [6, 6.07) is 4.22. The normalized spacial score (nSPS) is 16.5. The average Bonchev–Trinajstić information content (AvgIpc) is 2.54. The van der Waals surface area contributed by atoms with Crippen LogP contribution in [-0.4, -0.2) is 55.5 Å². The fourth-order valence-corrected chi connectivity index (χ4v) is 2.32. The van der Waals surface area contributed by atoms with E-state index in [1.54, 1.807) is 12.1 Å². The maximum Gasteiger partial charge on any atom is 0.391 e. The molecule has 132 valence electrons. The number of anilines is 1. The zero-order valence-electron chi connectivity index (χ0n) is 12.7. The van der Waals surface area contributed by atoms with Crippen molar-refractivity contribution < 1.29 is 32.6 Å². The van der Waals surface area contributed by atoms with Gasteiger partial charge in [0.2, 0.25) is 0 Å². The molecule has 1 unspecified atom stereocenters. The van der Waals surface area contributed by atoms with Gasteiger partial charge in [0.05, 0.1) is 19.6 Å². The summed E-state index contributed by atoms with van der Waals surface area (Å²) in [7, 11) is 0. The van der Waals surface area contributed by atoms with Gasteiger partial charge in [-0.05, 0) is 24.3 Å². The SMILES string of the molecule is O=C(NC(CC(F)(F)F)C(=O)O)c1ccc(N2CCOCC2)cc1. The summed E-state index contributed by atoms with van der Waals surface area (Å²) in [4.78, 5) is 24.9. The van der Waals surface area contributed by atoms with Crippen LogP contribution in [0.25, 0.3) is 0 Å². The van der Waals surface area contributed by atoms with Crippen molar-refractivity contribution in [2.75, 3.05) is 31.2 Å². The van der Waals surface area contributed by atoms with Crippen LogP contribution >= 0.6 is 0 Å². The number of carbonyl (C=O) groups is 2. The molecule has 0 spiro atoms. The third kappa shape index (κ3) is 5.12. The third-order valence-corrected chi connectivity index (χ3v) is 3.54. The van der Waals surface area contributed by atoms with Crippen molar-refractivity contribution in [3.63, 3.8) is 0 Å². The van der Waals surface area contributed by atoms with Crippen LogP contribution in [-0.2, 0) is 9.53 Å². The van der Waals surface area contributed by atoms with E-state index in [1.807, 2.05) is 5.32 Å². The highest BCUT2D eigenvalue weighted by Gasteiger charge is 2.36. The molecule has 2 rings (SSSR count). The van der Waals surface area contributed by atoms with E-state index in [2.05, 4.69) is 4.90 Å². The number of aliphatic carboxylic acids is 1. The minimum Gasteiger partial charge on any atom is -0.480 e. The number of ether oxygens (including phenoxy) is 1. The van der Waals surface area contributed by atoms with Crippen LogP contribution in [0, 0.1) is 0 Å². The Balaban J connectivity index is 2.01. The van der Waals surface area contributed by atoms with E-state index in [1.165, 1.54) is 12.1 Å². The number of carbonyl (C=O) groups excluding carboxylic acids is 1. The Morgan fingerprint density at radius 2 is 1.79 bits per heavy atom. The Morgan fingerprint density at radius 1 is 1.21 bits per heavy atom. The van der Waals surface area contributed by atoms with Crippen LogP contribution in [0.1, 0.15) is 16.8 Å². The molecule has 0 aliphatic carbocycles. The zero-order chi connectivity index (χ0) is 17.7. The Kier molecular flexibility index (Phi) is 5.66. The summed E-state index contributed by atoms with van der Waals surface area (Å²) in [5.74, 6) is -2.59. The molecule has 9 heteroatoms. The number of nitrogens with one attached hydrogen (secondary N) is 1. The van der Waals surface area contributed by atoms with E-state index < -0.39 is 30.5 Å². The molecule has 1 aromatic rings. The van der Waals surface area contributed by atoms with Crippen molar-refractivity contribution in [1.29, 1.82) is 0 Å². The lowest BCUT2D eigenvalue weighted by Crippen LogP contribution is -2.43. The van der Waals surface area contributed by atoms with Gasteiger partial charge in [-0.15, -0.1) is 0 Å². The van der Waals surface area contributed by atoms with Gasteiger partial charge in [0, 0.05) is 24.3 Å². The van der Waals surface area contributed by atoms with Crippen molar-refractivity contribution in [2.24, 2.45) is 0 Å². The second kappa shape index (κ2) is 7.52. The smallest absolute Gasteiger partial charge is 0.391 e. The maximum absolute atomic E-state index is 12.3. The van der Waals surface area contributed by atoms with E-state index in [-0.39, 0.29) is 5.56 Å². The van der Waals surface area contributed by atoms with Crippen molar-refractivity contribution in [3.05, 3.63) is 29.8 Å². The maximum atomic E-state index is 12.3. The molecule has 1 heterocycles. The molecule has 6 nitrogen and oxygen atoms in total. The van der Waals surface area contributed by atoms with E-state index in [9.17, 15) is 22.8 Å². The number of nitrogens with zero attached hydrogens (tertiary/aromatic N) is 1. The standard InChI is InChI=1S/C15H17F3N2O4/c16-15(17,18)9-12(14(22)23)19-13(21)10-1-3-11(4-2-10)20-5-7-24-8-6-20/h1-4,12H,5-9H2,(H,19,21)(H,22,23). The Hall–Kier alpha value is -2.29. The van der Waals surface area contributed by atoms with Crippen LogP contribution in [0.5, 0.6) is 0 Å². The molecule has 0 bridgehead atoms. The molecule has 1 amide bonds. The molecular formula is C15H17F3N2O4. The minimum absolute atomic E-state index is 0.0976. The fourth-order valence-electron chi connectivity index (χ4n) is 2.32. The number of benzene rings is 1. The number of alkyl halides is 3. The number of morpholine rings is 1. The van der Waals surface area contributed by atoms with Gasteiger partial charge in [0.15, 0.2) is 0 Å². The zero-order valence-corrected chi connectivity index (χ0v) is 12.7. The van der Waals surface area contributed by atoms with E-state index in [4.69, 9.17) is 9.84 Å². The van der Waals surface area contributed by atoms with Crippen LogP contribution in [0.3, 0.4) is 0 Å². The summed E-state index contributed by atoms with van der Waals surface area (Å²) < 4.78 is 42.3. The molecule has 2 N–H and O–H groups in total. The predicted molar refractivity (Wildman–Crippen MR) is 79.0 cm³/mol. The summed E-state index contributed by atoms with van der Waals surface area (Å²) in [5.41, 5.74) is 0.959. The van der Waals surface area contributed by atoms with Crippen molar-refractivity contribution >= 4 is 17.6 Å². The quantitative estimate of drug-likeness (QED) is 0.848. The average molecular weight is 346 g/mol. The molecule has 1 fully saturated rings. The first-order valence-electron chi connectivity index (χ1n) is 7.29. The number of halogens is 3. The van der Waals surface area contributed by atoms with Crippen LogP contribution in [0.2, 0.25) is 0 Å². The summed E-state index contributed by atoms with van der Waals surface area (Å²) in [6.07, 6.45) is -6.31. The van der Waals surface area contributed by atoms with Gasteiger partial charge in [-0.25, -0.2) is 4.79 Å². The number of rotatable bonds is 5. The molecule has 0 radical (unpaired) electrons. The van der Waals surface area contributed by atoms with Crippen LogP contribution in [0.15, 0.2) is 24.3 Å². The van der Waals surface area contributed by atoms with Crippen molar-refractivity contribution in [1.82, 2.24) is 5.32 Å². The minimum atomic E-state index is -4.68. The number of hydrogen-bond donors (Lipinski definition) is 2. The molecule has 0 saturated carbocycles. The molecule has 24 heavy (non-hydrogen) atoms. The third-order valence-electron chi connectivity index (χ3n) is 3.54. The summed E-state index contributed by atoms with van der Waals surface area (Å²) in [6.45, 7) is 2.61. The highest BCUT2D eigenvalue weighted by Crippen LogP contribution is 2.22. The molecular weight excluding hydrogens is 329 g/mol. The summed E-state index contributed by atoms with van der Waals surface area (Å²) in [5, 5.41) is 10.7. The Labute approximate surface area is 136 Å². The summed E-state index contributed by atoms with van der Waals surface area (Å²) >= 11 is 0. The predicted octanol–water partition coefficient (Wildman–Crippen LogP) is 1.66. The molecule has 1 aromatic carbocycles. The fraction of sp³-hybridized carbons (Fsp3) is 0.467. The lowest BCUT2D eigenvalue weighted by Gasteiger charge is -2.28. The largest absolute Gasteiger partial charge is 0.480 e. The number of amides is 1. The number of carboxylic acids is 1. The molecule has 0 aromatic heterocycles. The van der Waals surface area contributed by atoms with Gasteiger partial charge < -0.3 is 20.1 Å². The van der Waals surface area contributed by atoms with Gasteiger partial charge in [-0.1, -0.05) is 0 Å². The lowest BCUT2D eigenvalue weighted by atomic mass is 10.1. The van der Waals surface area contributed by atoms with E-state index in [0.717, 1.165) is 5.69 Å². The van der Waals surface area contributed by atoms with Crippen LogP contribution in [0.4, 0.5) is 18.9 Å². The Bertz CT molecular complexity index is 583. The molecule has 1 saturated heterocycles. The van der Waals surface area contributed by atoms with Gasteiger partial charge in [-0.2, -0.15) is 13.2 Å². The van der Waals surface area contributed by atoms with Crippen molar-refractivity contribution in [3.8, 4) is 0 Å². The molecule has 1 atom stereocenters. The first-order valence-corrected chi connectivity index (χ1v) is 7.29.